The van der Waals surface area contributed by atoms with Gasteiger partial charge in [-0.1, -0.05) is 124 Å². The Labute approximate surface area is 286 Å². The van der Waals surface area contributed by atoms with E-state index in [1.165, 1.54) is 22.3 Å². The highest BCUT2D eigenvalue weighted by molar-refractivity contribution is 5.72. The molecular formula is C42H50N6. The molecule has 0 amide bonds. The minimum absolute atomic E-state index is 0.291. The smallest absolute Gasteiger partial charge is 0.104 e. The summed E-state index contributed by atoms with van der Waals surface area (Å²) in [7, 11) is 0. The number of nitrogens with zero attached hydrogens (tertiary/aromatic N) is 1. The molecule has 0 radical (unpaired) electrons. The molecule has 1 fully saturated rings. The number of hydrogen-bond acceptors (Lipinski definition) is 6. The summed E-state index contributed by atoms with van der Waals surface area (Å²) in [6.45, 7) is 12.9. The fourth-order valence-electron chi connectivity index (χ4n) is 5.74. The van der Waals surface area contributed by atoms with Gasteiger partial charge in [-0.25, -0.2) is 0 Å². The van der Waals surface area contributed by atoms with Gasteiger partial charge in [-0.2, -0.15) is 0 Å². The number of nitrogens with one attached hydrogen (secondary N) is 3. The van der Waals surface area contributed by atoms with Crippen LogP contribution in [0.2, 0.25) is 0 Å². The summed E-state index contributed by atoms with van der Waals surface area (Å²) in [5.41, 5.74) is 25.5. The average Bonchev–Trinajstić information content (AvgIpc) is 3.15. The Bertz CT molecular complexity index is 1730. The first-order chi connectivity index (χ1) is 23.3. The lowest BCUT2D eigenvalue weighted by Gasteiger charge is -2.40. The first-order valence-electron chi connectivity index (χ1n) is 17.1. The SMILES string of the molecule is C=C(/C=C\C(N)C1NC(/C(N)=C/C=C(\C)c2ccc(CC)cc2)NC(c2ccc(-c3ccc(CC)cc3)cn2)N1)c1ccc(CC)cc1. The molecule has 1 aliphatic heterocycles. The second-order valence-corrected chi connectivity index (χ2v) is 12.4. The van der Waals surface area contributed by atoms with Crippen LogP contribution in [0.15, 0.2) is 128 Å². The van der Waals surface area contributed by atoms with E-state index < -0.39 is 0 Å². The molecule has 2 heterocycles. The number of nitrogens with two attached hydrogens (primary N) is 2. The Morgan fingerprint density at radius 2 is 1.31 bits per heavy atom. The highest BCUT2D eigenvalue weighted by Crippen LogP contribution is 2.23. The Morgan fingerprint density at radius 1 is 0.750 bits per heavy atom. The molecular weight excluding hydrogens is 589 g/mol. The number of aromatic nitrogens is 1. The number of pyridine rings is 1. The van der Waals surface area contributed by atoms with Gasteiger partial charge in [-0.15, -0.1) is 0 Å². The van der Waals surface area contributed by atoms with Crippen molar-refractivity contribution in [1.29, 1.82) is 0 Å². The van der Waals surface area contributed by atoms with Crippen molar-refractivity contribution in [2.24, 2.45) is 11.5 Å². The third-order valence-electron chi connectivity index (χ3n) is 9.12. The van der Waals surface area contributed by atoms with Gasteiger partial charge in [-0.05, 0) is 82.9 Å². The van der Waals surface area contributed by atoms with E-state index in [0.717, 1.165) is 52.8 Å². The summed E-state index contributed by atoms with van der Waals surface area (Å²) in [5.74, 6) is 0. The first kappa shape index (κ1) is 34.7. The molecule has 4 atom stereocenters. The average molecular weight is 639 g/mol. The fourth-order valence-corrected chi connectivity index (χ4v) is 5.74. The summed E-state index contributed by atoms with van der Waals surface area (Å²) in [4.78, 5) is 4.87. The topological polar surface area (TPSA) is 101 Å². The molecule has 3 aromatic carbocycles. The molecule has 7 N–H and O–H groups in total. The van der Waals surface area contributed by atoms with Gasteiger partial charge in [0.2, 0.25) is 0 Å². The predicted octanol–water partition coefficient (Wildman–Crippen LogP) is 7.41. The molecule has 0 saturated carbocycles. The van der Waals surface area contributed by atoms with E-state index in [0.29, 0.717) is 5.70 Å². The van der Waals surface area contributed by atoms with Gasteiger partial charge in [0.25, 0.3) is 0 Å². The van der Waals surface area contributed by atoms with Crippen molar-refractivity contribution in [3.8, 4) is 11.1 Å². The van der Waals surface area contributed by atoms with Gasteiger partial charge >= 0.3 is 0 Å². The molecule has 48 heavy (non-hydrogen) atoms. The second-order valence-electron chi connectivity index (χ2n) is 12.4. The Hall–Kier alpha value is -4.59. The Morgan fingerprint density at radius 3 is 1.88 bits per heavy atom. The highest BCUT2D eigenvalue weighted by Gasteiger charge is 2.32. The van der Waals surface area contributed by atoms with Gasteiger partial charge in [0, 0.05) is 17.5 Å². The summed E-state index contributed by atoms with van der Waals surface area (Å²) in [5, 5.41) is 10.8. The zero-order valence-corrected chi connectivity index (χ0v) is 28.7. The summed E-state index contributed by atoms with van der Waals surface area (Å²) < 4.78 is 0. The van der Waals surface area contributed by atoms with Crippen molar-refractivity contribution in [2.45, 2.75) is 71.5 Å². The van der Waals surface area contributed by atoms with Crippen LogP contribution < -0.4 is 27.4 Å². The van der Waals surface area contributed by atoms with Crippen molar-refractivity contribution < 1.29 is 0 Å². The second kappa shape index (κ2) is 16.5. The first-order valence-corrected chi connectivity index (χ1v) is 17.1. The zero-order chi connectivity index (χ0) is 34.0. The van der Waals surface area contributed by atoms with Gasteiger partial charge in [0.15, 0.2) is 0 Å². The largest absolute Gasteiger partial charge is 0.400 e. The van der Waals surface area contributed by atoms with Crippen LogP contribution in [0.1, 0.15) is 67.4 Å². The Balaban J connectivity index is 1.36. The van der Waals surface area contributed by atoms with Crippen LogP contribution in [0.5, 0.6) is 0 Å². The van der Waals surface area contributed by atoms with Crippen LogP contribution in [0.4, 0.5) is 0 Å². The lowest BCUT2D eigenvalue weighted by Crippen LogP contribution is -2.68. The van der Waals surface area contributed by atoms with Crippen molar-refractivity contribution in [3.63, 3.8) is 0 Å². The van der Waals surface area contributed by atoms with E-state index >= 15 is 0 Å². The molecule has 0 bridgehead atoms. The maximum atomic E-state index is 6.80. The lowest BCUT2D eigenvalue weighted by atomic mass is 10.0. The van der Waals surface area contributed by atoms with Crippen molar-refractivity contribution >= 4 is 11.1 Å². The molecule has 1 saturated heterocycles. The summed E-state index contributed by atoms with van der Waals surface area (Å²) >= 11 is 0. The number of rotatable bonds is 12. The molecule has 1 aromatic heterocycles. The van der Waals surface area contributed by atoms with Gasteiger partial charge in [-0.3, -0.25) is 20.9 Å². The monoisotopic (exact) mass is 638 g/mol. The van der Waals surface area contributed by atoms with Crippen LogP contribution in [0.25, 0.3) is 22.3 Å². The van der Waals surface area contributed by atoms with Crippen LogP contribution in [0, 0.1) is 0 Å². The minimum Gasteiger partial charge on any atom is -0.400 e. The maximum Gasteiger partial charge on any atom is 0.104 e. The number of aryl methyl sites for hydroxylation is 3. The Kier molecular flexibility index (Phi) is 11.9. The van der Waals surface area contributed by atoms with Crippen molar-refractivity contribution in [2.75, 3.05) is 0 Å². The standard InChI is InChI=1S/C42H50N6/c1-6-30-11-17-33(18-12-30)28(4)9-24-37(43)40-46-41(38(44)25-10-29(5)34-19-13-31(7-2)14-20-34)48-42(47-40)39-26-23-36(27-45-39)35-21-15-32(8-3)16-22-35/h9-27,37,40-42,46-48H,4,6-8,43-44H2,1-3,5H3/b24-9-,29-10+,38-25-. The van der Waals surface area contributed by atoms with E-state index in [2.05, 4.69) is 141 Å². The molecule has 6 nitrogen and oxygen atoms in total. The quantitative estimate of drug-likeness (QED) is 0.104. The van der Waals surface area contributed by atoms with Crippen molar-refractivity contribution in [3.05, 3.63) is 161 Å². The maximum absolute atomic E-state index is 6.80. The van der Waals surface area contributed by atoms with E-state index in [1.54, 1.807) is 0 Å². The van der Waals surface area contributed by atoms with E-state index in [4.69, 9.17) is 16.5 Å². The molecule has 6 heteroatoms. The van der Waals surface area contributed by atoms with E-state index in [1.807, 2.05) is 24.4 Å². The third kappa shape index (κ3) is 8.85. The molecule has 4 unspecified atom stereocenters. The van der Waals surface area contributed by atoms with Gasteiger partial charge < -0.3 is 11.5 Å². The lowest BCUT2D eigenvalue weighted by molar-refractivity contribution is 0.205. The van der Waals surface area contributed by atoms with Crippen LogP contribution in [-0.2, 0) is 19.3 Å². The fraction of sp³-hybridized carbons (Fsp3) is 0.262. The molecule has 4 aromatic rings. The highest BCUT2D eigenvalue weighted by atomic mass is 15.4. The van der Waals surface area contributed by atoms with Crippen molar-refractivity contribution in [1.82, 2.24) is 20.9 Å². The molecule has 5 rings (SSSR count). The number of allylic oxidation sites excluding steroid dienone is 5. The zero-order valence-electron chi connectivity index (χ0n) is 28.7. The van der Waals surface area contributed by atoms with Gasteiger partial charge in [0.05, 0.1) is 17.9 Å². The summed E-state index contributed by atoms with van der Waals surface area (Å²) in [6.07, 6.45) is 12.0. The minimum atomic E-state index is -0.373. The third-order valence-corrected chi connectivity index (χ3v) is 9.12. The van der Waals surface area contributed by atoms with Crippen LogP contribution >= 0.6 is 0 Å². The summed E-state index contributed by atoms with van der Waals surface area (Å²) in [6, 6.07) is 29.6. The van der Waals surface area contributed by atoms with E-state index in [-0.39, 0.29) is 24.5 Å². The molecule has 0 aliphatic carbocycles. The molecule has 0 spiro atoms. The predicted molar refractivity (Wildman–Crippen MR) is 202 cm³/mol. The van der Waals surface area contributed by atoms with E-state index in [9.17, 15) is 0 Å². The van der Waals surface area contributed by atoms with Crippen LogP contribution in [0.3, 0.4) is 0 Å². The van der Waals surface area contributed by atoms with Crippen LogP contribution in [-0.4, -0.2) is 23.4 Å². The molecule has 248 valence electrons. The molecule has 1 aliphatic rings. The number of benzene rings is 3. The number of hydrogen-bond donors (Lipinski definition) is 5. The normalized spacial score (nSPS) is 19.4. The van der Waals surface area contributed by atoms with Gasteiger partial charge in [0.1, 0.15) is 12.3 Å².